The molecule has 0 aliphatic rings. The van der Waals surface area contributed by atoms with Crippen LogP contribution in [0.2, 0.25) is 0 Å². The molecule has 0 radical (unpaired) electrons. The second kappa shape index (κ2) is 7.85. The molecule has 0 N–H and O–H groups in total. The van der Waals surface area contributed by atoms with Gasteiger partial charge in [0.15, 0.2) is 16.5 Å². The van der Waals surface area contributed by atoms with Gasteiger partial charge in [-0.3, -0.25) is 0 Å². The highest BCUT2D eigenvalue weighted by Gasteiger charge is 2.17. The summed E-state index contributed by atoms with van der Waals surface area (Å²) in [4.78, 5) is 20.8. The fraction of sp³-hybridized carbons (Fsp3) is 0.222. The van der Waals surface area contributed by atoms with E-state index in [0.717, 1.165) is 5.82 Å². The van der Waals surface area contributed by atoms with Crippen molar-refractivity contribution in [3.63, 3.8) is 0 Å². The standard InChI is InChI=1S/C18H17N3O3S/c1-12(2)17-20-15(25-21-17)11-23-18(22)16-14(9-6-10-19-16)24-13-7-4-3-5-8-13/h3-10,12H,11H2,1-2H3. The second-order valence-corrected chi connectivity index (χ2v) is 6.38. The summed E-state index contributed by atoms with van der Waals surface area (Å²) in [5.74, 6) is 1.39. The number of nitrogens with zero attached hydrogens (tertiary/aromatic N) is 3. The summed E-state index contributed by atoms with van der Waals surface area (Å²) in [6, 6.07) is 12.6. The van der Waals surface area contributed by atoms with E-state index >= 15 is 0 Å². The zero-order valence-corrected chi connectivity index (χ0v) is 14.7. The van der Waals surface area contributed by atoms with Crippen LogP contribution in [-0.2, 0) is 11.3 Å². The predicted molar refractivity (Wildman–Crippen MR) is 93.9 cm³/mol. The molecule has 3 aromatic rings. The molecule has 0 saturated carbocycles. The molecular weight excluding hydrogens is 338 g/mol. The van der Waals surface area contributed by atoms with Gasteiger partial charge in [-0.2, -0.15) is 4.37 Å². The third kappa shape index (κ3) is 4.39. The van der Waals surface area contributed by atoms with E-state index in [1.54, 1.807) is 24.3 Å². The Kier molecular flexibility index (Phi) is 5.35. The van der Waals surface area contributed by atoms with E-state index in [0.29, 0.717) is 16.5 Å². The van der Waals surface area contributed by atoms with Crippen LogP contribution in [0, 0.1) is 0 Å². The second-order valence-electron chi connectivity index (χ2n) is 5.54. The molecule has 0 unspecified atom stereocenters. The third-order valence-corrected chi connectivity index (χ3v) is 3.96. The molecule has 0 spiro atoms. The average molecular weight is 355 g/mol. The SMILES string of the molecule is CC(C)c1nsc(COC(=O)c2ncccc2Oc2ccccc2)n1. The maximum absolute atomic E-state index is 12.4. The van der Waals surface area contributed by atoms with Gasteiger partial charge in [-0.05, 0) is 35.8 Å². The largest absolute Gasteiger partial charge is 0.455 e. The van der Waals surface area contributed by atoms with E-state index in [-0.39, 0.29) is 18.2 Å². The van der Waals surface area contributed by atoms with Gasteiger partial charge in [0.1, 0.15) is 18.2 Å². The minimum absolute atomic E-state index is 0.0601. The lowest BCUT2D eigenvalue weighted by Crippen LogP contribution is -2.09. The highest BCUT2D eigenvalue weighted by Crippen LogP contribution is 2.24. The van der Waals surface area contributed by atoms with Crippen molar-refractivity contribution in [1.82, 2.24) is 14.3 Å². The lowest BCUT2D eigenvalue weighted by molar-refractivity contribution is 0.0462. The quantitative estimate of drug-likeness (QED) is 0.617. The summed E-state index contributed by atoms with van der Waals surface area (Å²) in [7, 11) is 0. The van der Waals surface area contributed by atoms with Crippen LogP contribution >= 0.6 is 11.5 Å². The molecule has 1 aromatic carbocycles. The monoisotopic (exact) mass is 355 g/mol. The summed E-state index contributed by atoms with van der Waals surface area (Å²) in [6.07, 6.45) is 1.52. The molecule has 25 heavy (non-hydrogen) atoms. The molecule has 6 nitrogen and oxygen atoms in total. The van der Waals surface area contributed by atoms with Crippen LogP contribution in [0.25, 0.3) is 0 Å². The number of hydrogen-bond acceptors (Lipinski definition) is 7. The number of para-hydroxylation sites is 1. The minimum atomic E-state index is -0.562. The normalized spacial score (nSPS) is 10.7. The number of carbonyl (C=O) groups excluding carboxylic acids is 1. The van der Waals surface area contributed by atoms with Gasteiger partial charge in [-0.25, -0.2) is 14.8 Å². The number of rotatable bonds is 6. The van der Waals surface area contributed by atoms with E-state index in [1.807, 2.05) is 32.0 Å². The number of ether oxygens (including phenoxy) is 2. The van der Waals surface area contributed by atoms with E-state index < -0.39 is 5.97 Å². The topological polar surface area (TPSA) is 74.2 Å². The van der Waals surface area contributed by atoms with Crippen molar-refractivity contribution >= 4 is 17.5 Å². The molecule has 0 bridgehead atoms. The number of carbonyl (C=O) groups is 1. The summed E-state index contributed by atoms with van der Waals surface area (Å²) < 4.78 is 15.3. The van der Waals surface area contributed by atoms with Crippen molar-refractivity contribution in [2.45, 2.75) is 26.4 Å². The molecule has 2 heterocycles. The Morgan fingerprint density at radius 3 is 2.68 bits per heavy atom. The molecule has 0 fully saturated rings. The smallest absolute Gasteiger partial charge is 0.361 e. The van der Waals surface area contributed by atoms with Gasteiger partial charge in [0.25, 0.3) is 0 Å². The number of pyridine rings is 1. The summed E-state index contributed by atoms with van der Waals surface area (Å²) in [5.41, 5.74) is 0.125. The van der Waals surface area contributed by atoms with Crippen molar-refractivity contribution in [2.24, 2.45) is 0 Å². The zero-order valence-electron chi connectivity index (χ0n) is 13.9. The van der Waals surface area contributed by atoms with Gasteiger partial charge in [0.2, 0.25) is 0 Å². The highest BCUT2D eigenvalue weighted by molar-refractivity contribution is 7.05. The van der Waals surface area contributed by atoms with E-state index in [9.17, 15) is 4.79 Å². The predicted octanol–water partition coefficient (Wildman–Crippen LogP) is 4.21. The van der Waals surface area contributed by atoms with Crippen LogP contribution in [-0.4, -0.2) is 20.3 Å². The lowest BCUT2D eigenvalue weighted by atomic mass is 10.2. The molecule has 7 heteroatoms. The van der Waals surface area contributed by atoms with Crippen molar-refractivity contribution in [3.8, 4) is 11.5 Å². The number of hydrogen-bond donors (Lipinski definition) is 0. The first-order chi connectivity index (χ1) is 12.1. The Balaban J connectivity index is 1.69. The molecule has 0 aliphatic heterocycles. The number of benzene rings is 1. The molecule has 0 saturated heterocycles. The molecule has 0 atom stereocenters. The Labute approximate surface area is 149 Å². The molecular formula is C18H17N3O3S. The van der Waals surface area contributed by atoms with E-state index in [1.165, 1.54) is 17.7 Å². The first-order valence-electron chi connectivity index (χ1n) is 7.81. The van der Waals surface area contributed by atoms with E-state index in [4.69, 9.17) is 9.47 Å². The van der Waals surface area contributed by atoms with Crippen molar-refractivity contribution < 1.29 is 14.3 Å². The molecule has 3 rings (SSSR count). The lowest BCUT2D eigenvalue weighted by Gasteiger charge is -2.09. The van der Waals surface area contributed by atoms with Crippen LogP contribution in [0.4, 0.5) is 0 Å². The van der Waals surface area contributed by atoms with Gasteiger partial charge in [0, 0.05) is 12.1 Å². The average Bonchev–Trinajstić information content (AvgIpc) is 3.10. The van der Waals surface area contributed by atoms with Crippen molar-refractivity contribution in [2.75, 3.05) is 0 Å². The molecule has 0 amide bonds. The van der Waals surface area contributed by atoms with Gasteiger partial charge in [0.05, 0.1) is 0 Å². The Morgan fingerprint density at radius 2 is 1.96 bits per heavy atom. The Morgan fingerprint density at radius 1 is 1.16 bits per heavy atom. The maximum atomic E-state index is 12.4. The van der Waals surface area contributed by atoms with Crippen LogP contribution in [0.3, 0.4) is 0 Å². The van der Waals surface area contributed by atoms with Crippen molar-refractivity contribution in [1.29, 1.82) is 0 Å². The van der Waals surface area contributed by atoms with Gasteiger partial charge in [-0.1, -0.05) is 32.0 Å². The van der Waals surface area contributed by atoms with E-state index in [2.05, 4.69) is 14.3 Å². The summed E-state index contributed by atoms with van der Waals surface area (Å²) >= 11 is 1.23. The van der Waals surface area contributed by atoms with Gasteiger partial charge in [-0.15, -0.1) is 0 Å². The first kappa shape index (κ1) is 17.0. The third-order valence-electron chi connectivity index (χ3n) is 3.26. The fourth-order valence-corrected chi connectivity index (χ4v) is 2.70. The minimum Gasteiger partial charge on any atom is -0.455 e. The van der Waals surface area contributed by atoms with Gasteiger partial charge >= 0.3 is 5.97 Å². The number of aromatic nitrogens is 3. The van der Waals surface area contributed by atoms with Crippen LogP contribution < -0.4 is 4.74 Å². The highest BCUT2D eigenvalue weighted by atomic mass is 32.1. The Hall–Kier alpha value is -2.80. The summed E-state index contributed by atoms with van der Waals surface area (Å²) in [5, 5.41) is 0.651. The molecule has 0 aliphatic carbocycles. The fourth-order valence-electron chi connectivity index (χ4n) is 2.00. The molecule has 128 valence electrons. The van der Waals surface area contributed by atoms with Crippen molar-refractivity contribution in [3.05, 3.63) is 65.2 Å². The Bertz CT molecular complexity index is 850. The van der Waals surface area contributed by atoms with Crippen LogP contribution in [0.1, 0.15) is 41.1 Å². The number of esters is 1. The van der Waals surface area contributed by atoms with Gasteiger partial charge < -0.3 is 9.47 Å². The van der Waals surface area contributed by atoms with Crippen LogP contribution in [0.15, 0.2) is 48.7 Å². The zero-order chi connectivity index (χ0) is 17.6. The molecule has 2 aromatic heterocycles. The maximum Gasteiger partial charge on any atom is 0.361 e. The first-order valence-corrected chi connectivity index (χ1v) is 8.58. The van der Waals surface area contributed by atoms with Crippen LogP contribution in [0.5, 0.6) is 11.5 Å². The summed E-state index contributed by atoms with van der Waals surface area (Å²) in [6.45, 7) is 4.09.